The van der Waals surface area contributed by atoms with Crippen LogP contribution in [0.4, 0.5) is 35.7 Å². The van der Waals surface area contributed by atoms with Gasteiger partial charge in [0.15, 0.2) is 5.69 Å². The number of ether oxygens (including phenoxy) is 2. The smallest absolute Gasteiger partial charge is 0.434 e. The summed E-state index contributed by atoms with van der Waals surface area (Å²) < 4.78 is 51.5. The summed E-state index contributed by atoms with van der Waals surface area (Å²) in [4.78, 5) is 31.0. The Morgan fingerprint density at radius 3 is 2.62 bits per heavy atom. The van der Waals surface area contributed by atoms with Gasteiger partial charge >= 0.3 is 12.3 Å². The fourth-order valence-electron chi connectivity index (χ4n) is 3.52. The lowest BCUT2D eigenvalue weighted by Crippen LogP contribution is -2.40. The normalized spacial score (nSPS) is 21.7. The number of carbonyl (C=O) groups excluding carboxylic acids is 1. The van der Waals surface area contributed by atoms with Crippen LogP contribution in [0.3, 0.4) is 0 Å². The van der Waals surface area contributed by atoms with E-state index in [1.807, 2.05) is 0 Å². The van der Waals surface area contributed by atoms with Crippen LogP contribution in [0.15, 0.2) is 12.3 Å². The summed E-state index contributed by atoms with van der Waals surface area (Å²) in [5, 5.41) is 9.74. The van der Waals surface area contributed by atoms with Gasteiger partial charge in [0.2, 0.25) is 11.9 Å². The molecule has 2 saturated heterocycles. The number of nitrogens with two attached hydrogens (primary N) is 1. The van der Waals surface area contributed by atoms with Crippen molar-refractivity contribution >= 4 is 23.8 Å². The van der Waals surface area contributed by atoms with Crippen molar-refractivity contribution in [2.75, 3.05) is 48.4 Å². The number of cyclic esters (lactones) is 1. The second kappa shape index (κ2) is 8.35. The van der Waals surface area contributed by atoms with Gasteiger partial charge in [0.05, 0.1) is 25.5 Å². The molecule has 11 nitrogen and oxygen atoms in total. The Morgan fingerprint density at radius 1 is 1.25 bits per heavy atom. The lowest BCUT2D eigenvalue weighted by atomic mass is 10.1. The molecule has 0 spiro atoms. The molecule has 4 heterocycles. The lowest BCUT2D eigenvalue weighted by molar-refractivity contribution is -0.140. The van der Waals surface area contributed by atoms with Crippen molar-refractivity contribution in [3.05, 3.63) is 18.0 Å². The Morgan fingerprint density at radius 2 is 1.97 bits per heavy atom. The molecule has 0 aromatic carbocycles. The molecule has 14 heteroatoms. The molecule has 0 aliphatic carbocycles. The van der Waals surface area contributed by atoms with Crippen molar-refractivity contribution in [2.24, 2.45) is 0 Å². The molecule has 4 rings (SSSR count). The number of morpholine rings is 1. The van der Waals surface area contributed by atoms with E-state index in [9.17, 15) is 23.1 Å². The molecule has 0 saturated carbocycles. The van der Waals surface area contributed by atoms with Gasteiger partial charge in [0.1, 0.15) is 18.0 Å². The molecular formula is C18H20F3N7O4. The first-order valence-corrected chi connectivity index (χ1v) is 9.71. The number of halogens is 3. The summed E-state index contributed by atoms with van der Waals surface area (Å²) in [6.07, 6.45) is -5.33. The molecule has 3 N–H and O–H groups in total. The van der Waals surface area contributed by atoms with Crippen LogP contribution in [-0.2, 0) is 15.7 Å². The van der Waals surface area contributed by atoms with Gasteiger partial charge in [0.25, 0.3) is 0 Å². The Hall–Kier alpha value is -3.26. The summed E-state index contributed by atoms with van der Waals surface area (Å²) in [5.41, 5.74) is 3.52. The van der Waals surface area contributed by atoms with Gasteiger partial charge < -0.3 is 25.2 Å². The zero-order valence-electron chi connectivity index (χ0n) is 16.9. The highest BCUT2D eigenvalue weighted by atomic mass is 19.4. The molecular weight excluding hydrogens is 435 g/mol. The van der Waals surface area contributed by atoms with Crippen LogP contribution < -0.4 is 15.5 Å². The number of nitrogen functional groups attached to an aromatic ring is 1. The summed E-state index contributed by atoms with van der Waals surface area (Å²) in [5.74, 6) is -0.467. The van der Waals surface area contributed by atoms with E-state index in [0.717, 1.165) is 11.1 Å². The predicted molar refractivity (Wildman–Crippen MR) is 105 cm³/mol. The number of aromatic nitrogens is 4. The summed E-state index contributed by atoms with van der Waals surface area (Å²) in [6, 6.07) is 0.434. The van der Waals surface area contributed by atoms with Crippen LogP contribution in [0.5, 0.6) is 0 Å². The highest BCUT2D eigenvalue weighted by Gasteiger charge is 2.42. The van der Waals surface area contributed by atoms with E-state index >= 15 is 0 Å². The van der Waals surface area contributed by atoms with Crippen LogP contribution in [0.1, 0.15) is 12.6 Å². The van der Waals surface area contributed by atoms with Gasteiger partial charge in [-0.05, 0) is 6.92 Å². The third kappa shape index (κ3) is 4.10. The molecule has 0 radical (unpaired) electrons. The summed E-state index contributed by atoms with van der Waals surface area (Å²) in [6.45, 7) is 2.72. The van der Waals surface area contributed by atoms with Gasteiger partial charge in [-0.1, -0.05) is 0 Å². The van der Waals surface area contributed by atoms with E-state index in [0.29, 0.717) is 26.3 Å². The van der Waals surface area contributed by atoms with Crippen molar-refractivity contribution in [3.8, 4) is 11.3 Å². The van der Waals surface area contributed by atoms with Crippen LogP contribution in [-0.4, -0.2) is 76.2 Å². The Labute approximate surface area is 180 Å². The van der Waals surface area contributed by atoms with E-state index in [2.05, 4.69) is 19.9 Å². The number of hydrogen-bond donors (Lipinski definition) is 2. The minimum Gasteiger partial charge on any atom is -0.444 e. The van der Waals surface area contributed by atoms with Crippen LogP contribution >= 0.6 is 0 Å². The highest BCUT2D eigenvalue weighted by molar-refractivity contribution is 5.90. The number of nitrogens with zero attached hydrogens (tertiary/aromatic N) is 6. The maximum Gasteiger partial charge on any atom is 0.434 e. The first-order valence-electron chi connectivity index (χ1n) is 9.71. The maximum absolute atomic E-state index is 13.7. The van der Waals surface area contributed by atoms with Gasteiger partial charge in [-0.15, -0.1) is 0 Å². The van der Waals surface area contributed by atoms with E-state index in [-0.39, 0.29) is 17.5 Å². The zero-order valence-corrected chi connectivity index (χ0v) is 16.9. The number of aliphatic hydroxyl groups excluding tert-OH is 1. The molecule has 1 unspecified atom stereocenters. The summed E-state index contributed by atoms with van der Waals surface area (Å²) >= 11 is 0. The fourth-order valence-corrected chi connectivity index (χ4v) is 3.52. The molecule has 2 atom stereocenters. The van der Waals surface area contributed by atoms with Gasteiger partial charge in [0, 0.05) is 30.9 Å². The standard InChI is InChI=1S/C18H20F3N7O4/c1-9-12(8-29)28(17(30)32-9)13-6-11(24-16(25-13)27-2-4-31-5-3-27)10-7-23-15(22)26-14(10)18(19,20)21/h6-7,9,12,29H,2-5,8H2,1H3,(H2,22,23,26)/t9?,12-/m0/s1. The Bertz CT molecular complexity index is 1020. The average molecular weight is 455 g/mol. The second-order valence-electron chi connectivity index (χ2n) is 7.21. The monoisotopic (exact) mass is 455 g/mol. The molecule has 2 aliphatic rings. The first kappa shape index (κ1) is 22.0. The fraction of sp³-hybridized carbons (Fsp3) is 0.500. The molecule has 1 amide bonds. The van der Waals surface area contributed by atoms with Gasteiger partial charge in [-0.3, -0.25) is 4.90 Å². The molecule has 0 bridgehead atoms. The van der Waals surface area contributed by atoms with E-state index in [4.69, 9.17) is 15.2 Å². The van der Waals surface area contributed by atoms with Crippen molar-refractivity contribution in [1.82, 2.24) is 19.9 Å². The predicted octanol–water partition coefficient (Wildman–Crippen LogP) is 1.08. The van der Waals surface area contributed by atoms with E-state index in [1.54, 1.807) is 11.8 Å². The number of carbonyl (C=O) groups is 1. The third-order valence-electron chi connectivity index (χ3n) is 5.14. The van der Waals surface area contributed by atoms with Crippen LogP contribution in [0.25, 0.3) is 11.3 Å². The number of aliphatic hydroxyl groups is 1. The zero-order chi connectivity index (χ0) is 23.0. The highest BCUT2D eigenvalue weighted by Crippen LogP contribution is 2.37. The Balaban J connectivity index is 1.88. The third-order valence-corrected chi connectivity index (χ3v) is 5.14. The molecule has 172 valence electrons. The molecule has 2 fully saturated rings. The van der Waals surface area contributed by atoms with Crippen molar-refractivity contribution in [1.29, 1.82) is 0 Å². The largest absolute Gasteiger partial charge is 0.444 e. The number of alkyl halides is 3. The first-order chi connectivity index (χ1) is 15.2. The number of hydrogen-bond acceptors (Lipinski definition) is 10. The minimum absolute atomic E-state index is 0.0187. The Kier molecular flexibility index (Phi) is 5.73. The van der Waals surface area contributed by atoms with Gasteiger partial charge in [-0.2, -0.15) is 18.2 Å². The second-order valence-corrected chi connectivity index (χ2v) is 7.21. The number of amides is 1. The van der Waals surface area contributed by atoms with Crippen molar-refractivity contribution < 1.29 is 32.5 Å². The van der Waals surface area contributed by atoms with Crippen molar-refractivity contribution in [2.45, 2.75) is 25.2 Å². The molecule has 2 aromatic heterocycles. The van der Waals surface area contributed by atoms with E-state index in [1.165, 1.54) is 6.07 Å². The minimum atomic E-state index is -4.83. The number of rotatable bonds is 4. The van der Waals surface area contributed by atoms with Crippen molar-refractivity contribution in [3.63, 3.8) is 0 Å². The van der Waals surface area contributed by atoms with Crippen LogP contribution in [0.2, 0.25) is 0 Å². The number of anilines is 3. The molecule has 32 heavy (non-hydrogen) atoms. The topological polar surface area (TPSA) is 140 Å². The van der Waals surface area contributed by atoms with E-state index < -0.39 is 48.2 Å². The summed E-state index contributed by atoms with van der Waals surface area (Å²) in [7, 11) is 0. The lowest BCUT2D eigenvalue weighted by Gasteiger charge is -2.28. The van der Waals surface area contributed by atoms with Crippen LogP contribution in [0, 0.1) is 0 Å². The average Bonchev–Trinajstić information content (AvgIpc) is 3.06. The quantitative estimate of drug-likeness (QED) is 0.688. The van der Waals surface area contributed by atoms with Gasteiger partial charge in [-0.25, -0.2) is 19.7 Å². The molecule has 2 aliphatic heterocycles. The SMILES string of the molecule is CC1OC(=O)N(c2cc(-c3cnc(N)nc3C(F)(F)F)nc(N3CCOCC3)n2)[C@H]1CO. The maximum atomic E-state index is 13.7. The molecule has 2 aromatic rings.